The molecule has 90 valence electrons. The van der Waals surface area contributed by atoms with Crippen LogP contribution in [0.2, 0.25) is 0 Å². The Labute approximate surface area is 102 Å². The Balaban J connectivity index is 2.41. The van der Waals surface area contributed by atoms with E-state index >= 15 is 0 Å². The molecule has 3 heteroatoms. The van der Waals surface area contributed by atoms with Gasteiger partial charge in [0.15, 0.2) is 0 Å². The topological polar surface area (TPSA) is 35.3 Å². The molecule has 1 aromatic rings. The molecular weight excluding hydrogens is 214 g/mol. The van der Waals surface area contributed by atoms with Gasteiger partial charge < -0.3 is 4.84 Å². The summed E-state index contributed by atoms with van der Waals surface area (Å²) in [7, 11) is 0. The molecule has 0 bridgehead atoms. The van der Waals surface area contributed by atoms with Crippen LogP contribution in [0.15, 0.2) is 43.0 Å². The standard InChI is InChI=1S/C14H17NO2/c1-4-14(3)11(2)13(10-15(16)17-14)12-8-6-5-7-9-12/h4-11,13H,1H2,2-3H3/t11-,13+,14+/m0/s1. The molecule has 1 aliphatic rings. The van der Waals surface area contributed by atoms with Crippen LogP contribution in [-0.4, -0.2) is 16.7 Å². The van der Waals surface area contributed by atoms with Crippen LogP contribution in [0.4, 0.5) is 0 Å². The first-order valence-electron chi connectivity index (χ1n) is 5.76. The molecule has 0 saturated carbocycles. The van der Waals surface area contributed by atoms with Crippen LogP contribution >= 0.6 is 0 Å². The summed E-state index contributed by atoms with van der Waals surface area (Å²) in [6, 6.07) is 9.98. The van der Waals surface area contributed by atoms with E-state index in [4.69, 9.17) is 4.84 Å². The Kier molecular flexibility index (Phi) is 2.92. The number of hydrogen-bond acceptors (Lipinski definition) is 2. The highest BCUT2D eigenvalue weighted by molar-refractivity contribution is 5.64. The molecule has 0 N–H and O–H groups in total. The fourth-order valence-electron chi connectivity index (χ4n) is 2.20. The summed E-state index contributed by atoms with van der Waals surface area (Å²) in [5, 5.41) is 11.6. The highest BCUT2D eigenvalue weighted by Gasteiger charge is 2.40. The fraction of sp³-hybridized carbons (Fsp3) is 0.357. The molecule has 1 heterocycles. The summed E-state index contributed by atoms with van der Waals surface area (Å²) < 4.78 is 0. The van der Waals surface area contributed by atoms with Gasteiger partial charge in [-0.05, 0) is 18.4 Å². The van der Waals surface area contributed by atoms with E-state index in [0.717, 1.165) is 5.56 Å². The van der Waals surface area contributed by atoms with Gasteiger partial charge in [-0.25, -0.2) is 0 Å². The molecule has 0 unspecified atom stereocenters. The second-order valence-electron chi connectivity index (χ2n) is 4.64. The summed E-state index contributed by atoms with van der Waals surface area (Å²) in [6.07, 6.45) is 3.27. The molecule has 0 amide bonds. The van der Waals surface area contributed by atoms with Crippen molar-refractivity contribution in [3.63, 3.8) is 0 Å². The first-order chi connectivity index (χ1) is 8.07. The van der Waals surface area contributed by atoms with Gasteiger partial charge in [-0.2, -0.15) is 0 Å². The molecule has 3 nitrogen and oxygen atoms in total. The summed E-state index contributed by atoms with van der Waals surface area (Å²) in [6.45, 7) is 7.72. The molecule has 0 radical (unpaired) electrons. The van der Waals surface area contributed by atoms with E-state index in [2.05, 4.69) is 13.5 Å². The van der Waals surface area contributed by atoms with Crippen molar-refractivity contribution in [1.82, 2.24) is 0 Å². The minimum Gasteiger partial charge on any atom is -0.393 e. The molecule has 3 atom stereocenters. The molecule has 17 heavy (non-hydrogen) atoms. The summed E-state index contributed by atoms with van der Waals surface area (Å²) in [5.41, 5.74) is 0.494. The molecule has 1 aromatic carbocycles. The van der Waals surface area contributed by atoms with Crippen molar-refractivity contribution in [2.24, 2.45) is 5.92 Å². The smallest absolute Gasteiger partial charge is 0.217 e. The minimum atomic E-state index is -0.628. The van der Waals surface area contributed by atoms with Crippen LogP contribution in [0.5, 0.6) is 0 Å². The lowest BCUT2D eigenvalue weighted by Crippen LogP contribution is -2.45. The number of rotatable bonds is 2. The fourth-order valence-corrected chi connectivity index (χ4v) is 2.20. The molecule has 2 rings (SSSR count). The van der Waals surface area contributed by atoms with Gasteiger partial charge >= 0.3 is 0 Å². The second-order valence-corrected chi connectivity index (χ2v) is 4.64. The van der Waals surface area contributed by atoms with Crippen molar-refractivity contribution in [2.45, 2.75) is 25.4 Å². The minimum absolute atomic E-state index is 0.0467. The number of hydrogen-bond donors (Lipinski definition) is 0. The summed E-state index contributed by atoms with van der Waals surface area (Å²) in [5.74, 6) is 0.207. The van der Waals surface area contributed by atoms with Crippen molar-refractivity contribution in [1.29, 1.82) is 0 Å². The van der Waals surface area contributed by atoms with E-state index in [9.17, 15) is 5.21 Å². The van der Waals surface area contributed by atoms with E-state index in [1.165, 1.54) is 0 Å². The quantitative estimate of drug-likeness (QED) is 0.579. The molecule has 0 aromatic heterocycles. The summed E-state index contributed by atoms with van der Waals surface area (Å²) in [4.78, 5) is 5.85. The zero-order valence-corrected chi connectivity index (χ0v) is 10.2. The average Bonchev–Trinajstić information content (AvgIpc) is 2.35. The van der Waals surface area contributed by atoms with Crippen LogP contribution < -0.4 is 0 Å². The van der Waals surface area contributed by atoms with Gasteiger partial charge in [0.1, 0.15) is 0 Å². The van der Waals surface area contributed by atoms with Crippen LogP contribution in [0.1, 0.15) is 25.3 Å². The Morgan fingerprint density at radius 1 is 1.41 bits per heavy atom. The Morgan fingerprint density at radius 3 is 2.65 bits per heavy atom. The zero-order chi connectivity index (χ0) is 12.5. The lowest BCUT2D eigenvalue weighted by molar-refractivity contribution is -0.766. The highest BCUT2D eigenvalue weighted by Crippen LogP contribution is 2.37. The second kappa shape index (κ2) is 4.24. The van der Waals surface area contributed by atoms with Crippen LogP contribution in [0.25, 0.3) is 0 Å². The van der Waals surface area contributed by atoms with Gasteiger partial charge in [-0.1, -0.05) is 43.3 Å². The van der Waals surface area contributed by atoms with Crippen LogP contribution in [0, 0.1) is 11.1 Å². The molecule has 0 fully saturated rings. The average molecular weight is 231 g/mol. The van der Waals surface area contributed by atoms with E-state index in [0.29, 0.717) is 4.90 Å². The molecule has 1 aliphatic heterocycles. The van der Waals surface area contributed by atoms with Gasteiger partial charge in [-0.15, -0.1) is 6.58 Å². The van der Waals surface area contributed by atoms with Gasteiger partial charge in [0, 0.05) is 4.90 Å². The van der Waals surface area contributed by atoms with E-state index in [1.54, 1.807) is 12.3 Å². The number of nitrogens with zero attached hydrogens (tertiary/aromatic N) is 1. The predicted molar refractivity (Wildman–Crippen MR) is 67.7 cm³/mol. The monoisotopic (exact) mass is 231 g/mol. The molecular formula is C14H17NO2. The van der Waals surface area contributed by atoms with Gasteiger partial charge in [0.05, 0.1) is 11.5 Å². The molecule has 0 saturated heterocycles. The SMILES string of the molecule is C=C[C@@]1(C)O[N+]([O-])=C[C@@H](c2ccccc2)[C@@H]1C. The Bertz CT molecular complexity index is 441. The normalized spacial score (nSPS) is 32.5. The third kappa shape index (κ3) is 2.05. The van der Waals surface area contributed by atoms with Gasteiger partial charge in [0.2, 0.25) is 6.21 Å². The van der Waals surface area contributed by atoms with Gasteiger partial charge in [-0.3, -0.25) is 5.21 Å². The largest absolute Gasteiger partial charge is 0.393 e. The first kappa shape index (κ1) is 11.7. The van der Waals surface area contributed by atoms with Crippen LogP contribution in [0.3, 0.4) is 0 Å². The molecule has 0 spiro atoms. The predicted octanol–water partition coefficient (Wildman–Crippen LogP) is 2.88. The Morgan fingerprint density at radius 2 is 2.06 bits per heavy atom. The third-order valence-corrected chi connectivity index (χ3v) is 3.60. The number of benzene rings is 1. The lowest BCUT2D eigenvalue weighted by atomic mass is 9.77. The lowest BCUT2D eigenvalue weighted by Gasteiger charge is -2.40. The van der Waals surface area contributed by atoms with Crippen LogP contribution in [-0.2, 0) is 4.84 Å². The Hall–Kier alpha value is -1.77. The summed E-state index contributed by atoms with van der Waals surface area (Å²) >= 11 is 0. The maximum Gasteiger partial charge on any atom is 0.217 e. The van der Waals surface area contributed by atoms with Crippen molar-refractivity contribution in [2.75, 3.05) is 0 Å². The first-order valence-corrected chi connectivity index (χ1v) is 5.76. The van der Waals surface area contributed by atoms with Crippen molar-refractivity contribution >= 4 is 6.21 Å². The van der Waals surface area contributed by atoms with E-state index in [-0.39, 0.29) is 11.8 Å². The van der Waals surface area contributed by atoms with Crippen molar-refractivity contribution in [3.8, 4) is 0 Å². The zero-order valence-electron chi connectivity index (χ0n) is 10.2. The van der Waals surface area contributed by atoms with Gasteiger partial charge in [0.25, 0.3) is 0 Å². The maximum atomic E-state index is 11.6. The molecule has 0 aliphatic carbocycles. The van der Waals surface area contributed by atoms with Crippen molar-refractivity contribution in [3.05, 3.63) is 53.8 Å². The third-order valence-electron chi connectivity index (χ3n) is 3.60. The van der Waals surface area contributed by atoms with Crippen molar-refractivity contribution < 1.29 is 9.74 Å². The van der Waals surface area contributed by atoms with E-state index < -0.39 is 5.60 Å². The maximum absolute atomic E-state index is 11.6. The highest BCUT2D eigenvalue weighted by atomic mass is 16.9. The van der Waals surface area contributed by atoms with E-state index in [1.807, 2.05) is 37.3 Å².